The highest BCUT2D eigenvalue weighted by Gasteiger charge is 2.30. The van der Waals surface area contributed by atoms with Gasteiger partial charge in [-0.2, -0.15) is 0 Å². The third-order valence-electron chi connectivity index (χ3n) is 8.44. The fraction of sp³-hybridized carbons (Fsp3) is 0.179. The maximum Gasteiger partial charge on any atom is 0.408 e. The molecule has 10 nitrogen and oxygen atoms in total. The number of amides is 3. The largest absolute Gasteiger partial charge is 0.445 e. The lowest BCUT2D eigenvalue weighted by molar-refractivity contribution is -0.130. The van der Waals surface area contributed by atoms with Gasteiger partial charge in [0.1, 0.15) is 25.0 Å². The second-order valence-electron chi connectivity index (χ2n) is 11.9. The average Bonchev–Trinajstić information content (AvgIpc) is 3.74. The van der Waals surface area contributed by atoms with Crippen molar-refractivity contribution in [3.05, 3.63) is 144 Å². The van der Waals surface area contributed by atoms with E-state index in [2.05, 4.69) is 25.9 Å². The van der Waals surface area contributed by atoms with Crippen molar-refractivity contribution in [3.63, 3.8) is 0 Å². The van der Waals surface area contributed by atoms with Crippen LogP contribution in [-0.2, 0) is 45.0 Å². The molecule has 10 heteroatoms. The molecule has 0 aliphatic carbocycles. The number of hydrogen-bond acceptors (Lipinski definition) is 5. The number of hydrogen-bond donors (Lipinski definition) is 5. The molecule has 4 aromatic carbocycles. The van der Waals surface area contributed by atoms with E-state index in [0.29, 0.717) is 12.7 Å². The first-order valence-corrected chi connectivity index (χ1v) is 16.1. The predicted octanol–water partition coefficient (Wildman–Crippen LogP) is 5.14. The number of H-pyrrole nitrogens is 2. The summed E-state index contributed by atoms with van der Waals surface area (Å²) in [5.74, 6) is -1.10. The number of carbonyl (C=O) groups is 4. The maximum atomic E-state index is 14.1. The van der Waals surface area contributed by atoms with Gasteiger partial charge in [0.25, 0.3) is 0 Å². The Morgan fingerprint density at radius 2 is 1.08 bits per heavy atom. The Bertz CT molecular complexity index is 2040. The summed E-state index contributed by atoms with van der Waals surface area (Å²) < 4.78 is 5.46. The molecule has 248 valence electrons. The van der Waals surface area contributed by atoms with E-state index in [1.807, 2.05) is 109 Å². The van der Waals surface area contributed by atoms with E-state index < -0.39 is 36.0 Å². The zero-order valence-corrected chi connectivity index (χ0v) is 26.7. The summed E-state index contributed by atoms with van der Waals surface area (Å²) in [4.78, 5) is 59.6. The summed E-state index contributed by atoms with van der Waals surface area (Å²) in [5.41, 5.74) is 5.07. The second-order valence-corrected chi connectivity index (χ2v) is 11.9. The third kappa shape index (κ3) is 8.41. The van der Waals surface area contributed by atoms with Crippen LogP contribution < -0.4 is 16.0 Å². The van der Waals surface area contributed by atoms with Crippen molar-refractivity contribution < 1.29 is 23.9 Å². The Kier molecular flexibility index (Phi) is 10.4. The Labute approximate surface area is 283 Å². The molecule has 6 aromatic rings. The van der Waals surface area contributed by atoms with Crippen LogP contribution in [0, 0.1) is 0 Å². The SMILES string of the molecule is O=CC(Cc1ccccc1)NC(=O)C(Cc1c[nH]c2ccccc12)NC(=O)C(Cc1c[nH]c2ccccc12)NC(=O)OCc1ccccc1. The topological polar surface area (TPSA) is 145 Å². The highest BCUT2D eigenvalue weighted by Crippen LogP contribution is 2.21. The number of benzene rings is 4. The van der Waals surface area contributed by atoms with E-state index in [1.54, 1.807) is 12.4 Å². The fourth-order valence-corrected chi connectivity index (χ4v) is 5.92. The monoisotopic (exact) mass is 655 g/mol. The Balaban J connectivity index is 1.24. The molecule has 2 heterocycles. The summed E-state index contributed by atoms with van der Waals surface area (Å²) in [5, 5.41) is 10.2. The van der Waals surface area contributed by atoms with Crippen molar-refractivity contribution in [2.24, 2.45) is 0 Å². The number of alkyl carbamates (subject to hydrolysis) is 1. The quantitative estimate of drug-likeness (QED) is 0.103. The number of rotatable bonds is 14. The normalized spacial score (nSPS) is 12.9. The second kappa shape index (κ2) is 15.6. The minimum Gasteiger partial charge on any atom is -0.445 e. The molecule has 6 rings (SSSR count). The number of aldehydes is 1. The van der Waals surface area contributed by atoms with Crippen LogP contribution in [0.3, 0.4) is 0 Å². The molecule has 3 amide bonds. The number of carbonyl (C=O) groups excluding carboxylic acids is 4. The molecule has 0 saturated carbocycles. The molecule has 3 atom stereocenters. The van der Waals surface area contributed by atoms with Gasteiger partial charge in [-0.1, -0.05) is 97.1 Å². The molecule has 3 unspecified atom stereocenters. The summed E-state index contributed by atoms with van der Waals surface area (Å²) >= 11 is 0. The van der Waals surface area contributed by atoms with Crippen LogP contribution in [-0.4, -0.2) is 52.3 Å². The van der Waals surface area contributed by atoms with Crippen molar-refractivity contribution in [3.8, 4) is 0 Å². The summed E-state index contributed by atoms with van der Waals surface area (Å²) in [6.07, 6.45) is 4.09. The fourth-order valence-electron chi connectivity index (χ4n) is 5.92. The molecule has 49 heavy (non-hydrogen) atoms. The predicted molar refractivity (Wildman–Crippen MR) is 188 cm³/mol. The van der Waals surface area contributed by atoms with E-state index in [0.717, 1.165) is 44.1 Å². The average molecular weight is 656 g/mol. The summed E-state index contributed by atoms with van der Waals surface area (Å²) in [6, 6.07) is 31.0. The number of ether oxygens (including phenoxy) is 1. The van der Waals surface area contributed by atoms with Gasteiger partial charge in [0.05, 0.1) is 6.04 Å². The highest BCUT2D eigenvalue weighted by atomic mass is 16.5. The molecule has 0 fully saturated rings. The number of para-hydroxylation sites is 2. The van der Waals surface area contributed by atoms with Gasteiger partial charge in [0.15, 0.2) is 0 Å². The number of aromatic amines is 2. The first-order valence-electron chi connectivity index (χ1n) is 16.1. The zero-order valence-electron chi connectivity index (χ0n) is 26.7. The van der Waals surface area contributed by atoms with Crippen LogP contribution in [0.4, 0.5) is 4.79 Å². The molecule has 0 aliphatic rings. The lowest BCUT2D eigenvalue weighted by Crippen LogP contribution is -2.56. The summed E-state index contributed by atoms with van der Waals surface area (Å²) in [6.45, 7) is 0.0220. The number of nitrogens with one attached hydrogen (secondary N) is 5. The first kappa shape index (κ1) is 32.8. The van der Waals surface area contributed by atoms with E-state index in [9.17, 15) is 19.2 Å². The van der Waals surface area contributed by atoms with Gasteiger partial charge < -0.3 is 35.4 Å². The minimum absolute atomic E-state index is 0.0220. The zero-order chi connectivity index (χ0) is 34.0. The number of aromatic nitrogens is 2. The van der Waals surface area contributed by atoms with E-state index in [-0.39, 0.29) is 19.4 Å². The third-order valence-corrected chi connectivity index (χ3v) is 8.44. The molecule has 0 radical (unpaired) electrons. The molecule has 0 aliphatic heterocycles. The van der Waals surface area contributed by atoms with Crippen molar-refractivity contribution >= 4 is 46.0 Å². The minimum atomic E-state index is -1.09. The summed E-state index contributed by atoms with van der Waals surface area (Å²) in [7, 11) is 0. The van der Waals surface area contributed by atoms with E-state index in [1.165, 1.54) is 0 Å². The molecule has 0 spiro atoms. The first-order chi connectivity index (χ1) is 24.0. The smallest absolute Gasteiger partial charge is 0.408 e. The van der Waals surface area contributed by atoms with Crippen LogP contribution in [0.1, 0.15) is 22.3 Å². The van der Waals surface area contributed by atoms with Crippen LogP contribution in [0.25, 0.3) is 21.8 Å². The number of fused-ring (bicyclic) bond motifs is 2. The van der Waals surface area contributed by atoms with Gasteiger partial charge in [-0.05, 0) is 40.8 Å². The Hall–Kier alpha value is -6.16. The lowest BCUT2D eigenvalue weighted by atomic mass is 10.0. The lowest BCUT2D eigenvalue weighted by Gasteiger charge is -2.24. The molecule has 5 N–H and O–H groups in total. The van der Waals surface area contributed by atoms with E-state index in [4.69, 9.17) is 4.74 Å². The standard InChI is InChI=1S/C39H37N5O5/c45-24-30(19-26-11-3-1-4-12-26)42-37(46)35(20-28-22-40-33-17-9-7-15-31(28)33)43-38(47)36(21-29-23-41-34-18-10-8-16-32(29)34)44-39(48)49-25-27-13-5-2-6-14-27/h1-18,22-24,30,35-36,40-41H,19-21,25H2,(H,42,46)(H,43,47)(H,44,48). The van der Waals surface area contributed by atoms with Crippen LogP contribution in [0.5, 0.6) is 0 Å². The van der Waals surface area contributed by atoms with Crippen LogP contribution in [0.2, 0.25) is 0 Å². The molecule has 0 saturated heterocycles. The highest BCUT2D eigenvalue weighted by molar-refractivity contribution is 5.94. The molecule has 0 bridgehead atoms. The van der Waals surface area contributed by atoms with Gasteiger partial charge >= 0.3 is 6.09 Å². The van der Waals surface area contributed by atoms with Crippen molar-refractivity contribution in [1.82, 2.24) is 25.9 Å². The van der Waals surface area contributed by atoms with Crippen LogP contribution >= 0.6 is 0 Å². The Morgan fingerprint density at radius 3 is 1.65 bits per heavy atom. The van der Waals surface area contributed by atoms with Gasteiger partial charge in [0.2, 0.25) is 11.8 Å². The van der Waals surface area contributed by atoms with E-state index >= 15 is 0 Å². The molecular weight excluding hydrogens is 618 g/mol. The van der Waals surface area contributed by atoms with Crippen molar-refractivity contribution in [2.75, 3.05) is 0 Å². The van der Waals surface area contributed by atoms with Crippen molar-refractivity contribution in [1.29, 1.82) is 0 Å². The van der Waals surface area contributed by atoms with Crippen molar-refractivity contribution in [2.45, 2.75) is 44.0 Å². The van der Waals surface area contributed by atoms with Gasteiger partial charge in [0, 0.05) is 47.0 Å². The van der Waals surface area contributed by atoms with Gasteiger partial charge in [-0.15, -0.1) is 0 Å². The molecular formula is C39H37N5O5. The van der Waals surface area contributed by atoms with Gasteiger partial charge in [-0.25, -0.2) is 4.79 Å². The van der Waals surface area contributed by atoms with Crippen LogP contribution in [0.15, 0.2) is 122 Å². The maximum absolute atomic E-state index is 14.1. The Morgan fingerprint density at radius 1 is 0.592 bits per heavy atom. The molecule has 2 aromatic heterocycles. The van der Waals surface area contributed by atoms with Gasteiger partial charge in [-0.3, -0.25) is 9.59 Å².